The molecule has 0 aliphatic carbocycles. The lowest BCUT2D eigenvalue weighted by Crippen LogP contribution is -2.03. The Balaban J connectivity index is 2.30. The highest BCUT2D eigenvalue weighted by Gasteiger charge is 2.08. The quantitative estimate of drug-likeness (QED) is 0.629. The van der Waals surface area contributed by atoms with Crippen molar-refractivity contribution in [3.63, 3.8) is 0 Å². The van der Waals surface area contributed by atoms with Crippen LogP contribution in [0.5, 0.6) is 0 Å². The van der Waals surface area contributed by atoms with Crippen LogP contribution in [0.25, 0.3) is 22.5 Å². The van der Waals surface area contributed by atoms with Crippen LogP contribution in [0.4, 0.5) is 0 Å². The molecule has 3 rings (SSSR count). The topological polar surface area (TPSA) is 68.9 Å². The van der Waals surface area contributed by atoms with E-state index < -0.39 is 5.63 Å². The van der Waals surface area contributed by atoms with Crippen molar-refractivity contribution >= 4 is 10.9 Å². The van der Waals surface area contributed by atoms with Crippen molar-refractivity contribution in [1.29, 1.82) is 0 Å². The fraction of sp³-hybridized carbons (Fsp3) is 0. The van der Waals surface area contributed by atoms with Gasteiger partial charge in [-0.05, 0) is 12.1 Å². The molecule has 2 heterocycles. The van der Waals surface area contributed by atoms with Gasteiger partial charge in [0, 0.05) is 12.4 Å². The molecule has 0 N–H and O–H groups in total. The van der Waals surface area contributed by atoms with Gasteiger partial charge in [-0.3, -0.25) is 4.98 Å². The van der Waals surface area contributed by atoms with Crippen LogP contribution in [-0.2, 0) is 0 Å². The molecule has 0 unspecified atom stereocenters. The SMILES string of the molecule is O=c1oc(-c2cnccn2)nc2ccccc12. The van der Waals surface area contributed by atoms with Gasteiger partial charge in [-0.2, -0.15) is 0 Å². The molecule has 0 bridgehead atoms. The van der Waals surface area contributed by atoms with E-state index in [9.17, 15) is 4.79 Å². The lowest BCUT2D eigenvalue weighted by atomic mass is 10.2. The number of hydrogen-bond donors (Lipinski definition) is 0. The monoisotopic (exact) mass is 225 g/mol. The van der Waals surface area contributed by atoms with Crippen LogP contribution in [0.15, 0.2) is 52.1 Å². The summed E-state index contributed by atoms with van der Waals surface area (Å²) < 4.78 is 5.11. The predicted octanol–water partition coefficient (Wildman–Crippen LogP) is 1.64. The second-order valence-electron chi connectivity index (χ2n) is 3.41. The molecule has 0 radical (unpaired) electrons. The Hall–Kier alpha value is -2.56. The van der Waals surface area contributed by atoms with Gasteiger partial charge in [0.05, 0.1) is 17.1 Å². The van der Waals surface area contributed by atoms with Gasteiger partial charge in [0.15, 0.2) is 0 Å². The number of rotatable bonds is 1. The molecule has 0 saturated heterocycles. The van der Waals surface area contributed by atoms with Crippen LogP contribution >= 0.6 is 0 Å². The summed E-state index contributed by atoms with van der Waals surface area (Å²) in [6.45, 7) is 0. The molecule has 0 atom stereocenters. The van der Waals surface area contributed by atoms with Crippen LogP contribution in [0, 0.1) is 0 Å². The summed E-state index contributed by atoms with van der Waals surface area (Å²) in [4.78, 5) is 23.9. The fourth-order valence-corrected chi connectivity index (χ4v) is 1.54. The summed E-state index contributed by atoms with van der Waals surface area (Å²) in [6, 6.07) is 7.01. The maximum Gasteiger partial charge on any atom is 0.347 e. The highest BCUT2D eigenvalue weighted by atomic mass is 16.4. The maximum absolute atomic E-state index is 11.7. The fourth-order valence-electron chi connectivity index (χ4n) is 1.54. The van der Waals surface area contributed by atoms with Gasteiger partial charge in [-0.1, -0.05) is 12.1 Å². The Morgan fingerprint density at radius 2 is 2.00 bits per heavy atom. The van der Waals surface area contributed by atoms with Crippen LogP contribution in [-0.4, -0.2) is 15.0 Å². The van der Waals surface area contributed by atoms with Crippen molar-refractivity contribution in [2.24, 2.45) is 0 Å². The third-order valence-corrected chi connectivity index (χ3v) is 2.32. The average Bonchev–Trinajstić information content (AvgIpc) is 2.40. The number of nitrogens with zero attached hydrogens (tertiary/aromatic N) is 3. The van der Waals surface area contributed by atoms with Gasteiger partial charge >= 0.3 is 5.63 Å². The molecule has 0 aliphatic rings. The van der Waals surface area contributed by atoms with E-state index in [0.29, 0.717) is 16.6 Å². The Labute approximate surface area is 95.8 Å². The Morgan fingerprint density at radius 3 is 2.82 bits per heavy atom. The summed E-state index contributed by atoms with van der Waals surface area (Å²) in [5.41, 5.74) is 0.607. The van der Waals surface area contributed by atoms with E-state index in [0.717, 1.165) is 0 Å². The summed E-state index contributed by atoms with van der Waals surface area (Å²) in [7, 11) is 0. The molecule has 2 aromatic heterocycles. The summed E-state index contributed by atoms with van der Waals surface area (Å²) in [5.74, 6) is 0.182. The summed E-state index contributed by atoms with van der Waals surface area (Å²) in [6.07, 6.45) is 4.56. The normalized spacial score (nSPS) is 10.6. The molecule has 0 saturated carbocycles. The van der Waals surface area contributed by atoms with E-state index >= 15 is 0 Å². The lowest BCUT2D eigenvalue weighted by Gasteiger charge is -1.99. The minimum Gasteiger partial charge on any atom is -0.401 e. The largest absolute Gasteiger partial charge is 0.401 e. The van der Waals surface area contributed by atoms with E-state index in [1.165, 1.54) is 12.4 Å². The first-order valence-corrected chi connectivity index (χ1v) is 5.01. The zero-order valence-corrected chi connectivity index (χ0v) is 8.70. The summed E-state index contributed by atoms with van der Waals surface area (Å²) in [5, 5.41) is 0.458. The minimum atomic E-state index is -0.420. The Bertz CT molecular complexity index is 722. The number of benzene rings is 1. The van der Waals surface area contributed by atoms with E-state index in [1.807, 2.05) is 6.07 Å². The van der Waals surface area contributed by atoms with Gasteiger partial charge < -0.3 is 4.42 Å². The molecular weight excluding hydrogens is 218 g/mol. The molecular formula is C12H7N3O2. The number of para-hydroxylation sites is 1. The molecule has 3 aromatic rings. The van der Waals surface area contributed by atoms with Crippen LogP contribution in [0.2, 0.25) is 0 Å². The Morgan fingerprint density at radius 1 is 1.12 bits per heavy atom. The number of aromatic nitrogens is 3. The van der Waals surface area contributed by atoms with E-state index in [4.69, 9.17) is 4.42 Å². The number of hydrogen-bond acceptors (Lipinski definition) is 5. The molecule has 1 aromatic carbocycles. The minimum absolute atomic E-state index is 0.182. The zero-order valence-electron chi connectivity index (χ0n) is 8.70. The van der Waals surface area contributed by atoms with Gasteiger partial charge in [-0.15, -0.1) is 0 Å². The van der Waals surface area contributed by atoms with Crippen molar-refractivity contribution in [1.82, 2.24) is 15.0 Å². The highest BCUT2D eigenvalue weighted by molar-refractivity contribution is 5.77. The first-order chi connectivity index (χ1) is 8.34. The smallest absolute Gasteiger partial charge is 0.347 e. The molecule has 0 fully saturated rings. The van der Waals surface area contributed by atoms with E-state index in [1.54, 1.807) is 24.4 Å². The second kappa shape index (κ2) is 3.79. The van der Waals surface area contributed by atoms with Crippen molar-refractivity contribution in [2.75, 3.05) is 0 Å². The maximum atomic E-state index is 11.7. The van der Waals surface area contributed by atoms with Gasteiger partial charge in [0.25, 0.3) is 5.89 Å². The predicted molar refractivity (Wildman–Crippen MR) is 61.3 cm³/mol. The van der Waals surface area contributed by atoms with Crippen LogP contribution in [0.1, 0.15) is 0 Å². The summed E-state index contributed by atoms with van der Waals surface area (Å²) >= 11 is 0. The molecule has 0 spiro atoms. The Kier molecular flexibility index (Phi) is 2.15. The third-order valence-electron chi connectivity index (χ3n) is 2.32. The van der Waals surface area contributed by atoms with Crippen molar-refractivity contribution < 1.29 is 4.42 Å². The lowest BCUT2D eigenvalue weighted by molar-refractivity contribution is 0.516. The van der Waals surface area contributed by atoms with Crippen molar-refractivity contribution in [3.8, 4) is 11.6 Å². The van der Waals surface area contributed by atoms with Crippen molar-refractivity contribution in [3.05, 3.63) is 53.3 Å². The molecule has 0 amide bonds. The number of fused-ring (bicyclic) bond motifs is 1. The molecule has 82 valence electrons. The van der Waals surface area contributed by atoms with E-state index in [-0.39, 0.29) is 5.89 Å². The second-order valence-corrected chi connectivity index (χ2v) is 3.41. The van der Waals surface area contributed by atoms with E-state index in [2.05, 4.69) is 15.0 Å². The van der Waals surface area contributed by atoms with Gasteiger partial charge in [0.2, 0.25) is 0 Å². The van der Waals surface area contributed by atoms with Crippen LogP contribution < -0.4 is 5.63 Å². The highest BCUT2D eigenvalue weighted by Crippen LogP contribution is 2.14. The van der Waals surface area contributed by atoms with Gasteiger partial charge in [0.1, 0.15) is 5.69 Å². The van der Waals surface area contributed by atoms with Crippen molar-refractivity contribution in [2.45, 2.75) is 0 Å². The molecule has 5 nitrogen and oxygen atoms in total. The average molecular weight is 225 g/mol. The third kappa shape index (κ3) is 1.67. The molecule has 5 heteroatoms. The van der Waals surface area contributed by atoms with Crippen LogP contribution in [0.3, 0.4) is 0 Å². The molecule has 0 aliphatic heterocycles. The zero-order chi connectivity index (χ0) is 11.7. The molecule has 17 heavy (non-hydrogen) atoms. The van der Waals surface area contributed by atoms with Gasteiger partial charge in [-0.25, -0.2) is 14.8 Å². The first kappa shape index (κ1) is 9.65. The first-order valence-electron chi connectivity index (χ1n) is 5.01. The standard InChI is InChI=1S/C12H7N3O2/c16-12-8-3-1-2-4-9(8)15-11(17-12)10-7-13-5-6-14-10/h1-7H.